The van der Waals surface area contributed by atoms with E-state index in [1.165, 1.54) is 23.5 Å². The van der Waals surface area contributed by atoms with Crippen molar-refractivity contribution >= 4 is 59.9 Å². The highest BCUT2D eigenvalue weighted by molar-refractivity contribution is 7.93. The first-order valence-corrected chi connectivity index (χ1v) is 11.1. The Kier molecular flexibility index (Phi) is 5.23. The Morgan fingerprint density at radius 2 is 1.69 bits per heavy atom. The van der Waals surface area contributed by atoms with Crippen LogP contribution in [0.25, 0.3) is 10.2 Å². The van der Waals surface area contributed by atoms with Gasteiger partial charge in [-0.3, -0.25) is 9.52 Å². The lowest BCUT2D eigenvalue weighted by Gasteiger charge is -2.06. The minimum atomic E-state index is -3.72. The van der Waals surface area contributed by atoms with Gasteiger partial charge >= 0.3 is 0 Å². The molecule has 0 unspecified atom stereocenters. The number of benzene rings is 3. The van der Waals surface area contributed by atoms with Gasteiger partial charge in [-0.15, -0.1) is 0 Å². The van der Waals surface area contributed by atoms with Gasteiger partial charge in [0.1, 0.15) is 0 Å². The van der Waals surface area contributed by atoms with Crippen LogP contribution < -0.4 is 10.0 Å². The number of anilines is 2. The van der Waals surface area contributed by atoms with Crippen LogP contribution in [0, 0.1) is 0 Å². The van der Waals surface area contributed by atoms with Crippen LogP contribution in [0.15, 0.2) is 77.7 Å². The summed E-state index contributed by atoms with van der Waals surface area (Å²) in [5, 5.41) is 3.40. The number of thiazole rings is 1. The number of fused-ring (bicyclic) bond motifs is 1. The Morgan fingerprint density at radius 1 is 0.966 bits per heavy atom. The summed E-state index contributed by atoms with van der Waals surface area (Å²) in [4.78, 5) is 16.9. The highest BCUT2D eigenvalue weighted by Gasteiger charge is 2.16. The molecule has 0 fully saturated rings. The number of hydrogen-bond donors (Lipinski definition) is 2. The molecule has 0 aliphatic rings. The molecule has 4 rings (SSSR count). The largest absolute Gasteiger partial charge is 0.322 e. The Bertz CT molecular complexity index is 1310. The summed E-state index contributed by atoms with van der Waals surface area (Å²) in [7, 11) is -3.72. The second-order valence-electron chi connectivity index (χ2n) is 6.05. The second-order valence-corrected chi connectivity index (χ2v) is 9.17. The molecule has 0 aliphatic carbocycles. The lowest BCUT2D eigenvalue weighted by molar-refractivity contribution is 0.102. The van der Waals surface area contributed by atoms with E-state index in [0.29, 0.717) is 21.8 Å². The van der Waals surface area contributed by atoms with E-state index in [-0.39, 0.29) is 15.9 Å². The van der Waals surface area contributed by atoms with E-state index >= 15 is 0 Å². The third-order valence-corrected chi connectivity index (χ3v) is 6.79. The van der Waals surface area contributed by atoms with Crippen molar-refractivity contribution in [3.8, 4) is 0 Å². The van der Waals surface area contributed by atoms with Gasteiger partial charge in [-0.05, 0) is 42.5 Å². The summed E-state index contributed by atoms with van der Waals surface area (Å²) in [5.74, 6) is -0.329. The van der Waals surface area contributed by atoms with Crippen molar-refractivity contribution in [2.24, 2.45) is 0 Å². The van der Waals surface area contributed by atoms with Gasteiger partial charge in [0.2, 0.25) is 0 Å². The van der Waals surface area contributed by atoms with Gasteiger partial charge in [0.15, 0.2) is 5.13 Å². The minimum absolute atomic E-state index is 0.159. The van der Waals surface area contributed by atoms with E-state index < -0.39 is 10.0 Å². The maximum absolute atomic E-state index is 12.5. The standard InChI is InChI=1S/C20H14ClN3O3S2/c21-16-9-5-4-8-15(16)19(25)22-13-10-11-17-18(12-13)28-20(23-17)24-29(26,27)14-6-2-1-3-7-14/h1-12H,(H,22,25)(H,23,24). The fourth-order valence-corrected chi connectivity index (χ4v) is 5.05. The van der Waals surface area contributed by atoms with E-state index in [2.05, 4.69) is 15.0 Å². The first-order chi connectivity index (χ1) is 13.9. The topological polar surface area (TPSA) is 88.2 Å². The summed E-state index contributed by atoms with van der Waals surface area (Å²) in [6, 6.07) is 20.0. The lowest BCUT2D eigenvalue weighted by Crippen LogP contribution is -2.12. The zero-order valence-electron chi connectivity index (χ0n) is 14.8. The van der Waals surface area contributed by atoms with Crippen LogP contribution in [0.2, 0.25) is 5.02 Å². The summed E-state index contributed by atoms with van der Waals surface area (Å²) < 4.78 is 28.2. The number of rotatable bonds is 5. The molecular weight excluding hydrogens is 430 g/mol. The number of carbonyl (C=O) groups excluding carboxylic acids is 1. The number of halogens is 1. The van der Waals surface area contributed by atoms with Gasteiger partial charge in [0.05, 0.1) is 25.7 Å². The summed E-state index contributed by atoms with van der Waals surface area (Å²) in [5.41, 5.74) is 1.55. The molecule has 29 heavy (non-hydrogen) atoms. The molecule has 1 aromatic heterocycles. The molecule has 0 spiro atoms. The smallest absolute Gasteiger partial charge is 0.263 e. The van der Waals surface area contributed by atoms with Gasteiger partial charge in [-0.25, -0.2) is 13.4 Å². The first kappa shape index (κ1) is 19.4. The van der Waals surface area contributed by atoms with Crippen molar-refractivity contribution in [3.05, 3.63) is 83.4 Å². The van der Waals surface area contributed by atoms with Crippen LogP contribution in [0.5, 0.6) is 0 Å². The molecule has 0 atom stereocenters. The molecule has 1 heterocycles. The number of nitrogens with one attached hydrogen (secondary N) is 2. The molecular formula is C20H14ClN3O3S2. The Hall–Kier alpha value is -2.94. The van der Waals surface area contributed by atoms with Crippen molar-refractivity contribution in [1.29, 1.82) is 0 Å². The fraction of sp³-hybridized carbons (Fsp3) is 0. The molecule has 0 radical (unpaired) electrons. The van der Waals surface area contributed by atoms with Gasteiger partial charge in [0.25, 0.3) is 15.9 Å². The average molecular weight is 444 g/mol. The van der Waals surface area contributed by atoms with Gasteiger partial charge in [-0.1, -0.05) is 53.3 Å². The summed E-state index contributed by atoms with van der Waals surface area (Å²) in [6.07, 6.45) is 0. The molecule has 0 aliphatic heterocycles. The summed E-state index contributed by atoms with van der Waals surface area (Å²) >= 11 is 7.24. The van der Waals surface area contributed by atoms with Gasteiger partial charge in [0, 0.05) is 5.69 Å². The molecule has 6 nitrogen and oxygen atoms in total. The maximum Gasteiger partial charge on any atom is 0.263 e. The van der Waals surface area contributed by atoms with E-state index in [1.54, 1.807) is 60.7 Å². The van der Waals surface area contributed by atoms with Crippen LogP contribution in [-0.4, -0.2) is 19.3 Å². The lowest BCUT2D eigenvalue weighted by atomic mass is 10.2. The second kappa shape index (κ2) is 7.82. The molecule has 0 saturated carbocycles. The molecule has 9 heteroatoms. The molecule has 146 valence electrons. The van der Waals surface area contributed by atoms with Crippen LogP contribution in [0.1, 0.15) is 10.4 Å². The van der Waals surface area contributed by atoms with Crippen LogP contribution in [0.4, 0.5) is 10.8 Å². The quantitative estimate of drug-likeness (QED) is 0.454. The summed E-state index contributed by atoms with van der Waals surface area (Å²) in [6.45, 7) is 0. The van der Waals surface area contributed by atoms with Crippen LogP contribution in [0.3, 0.4) is 0 Å². The predicted octanol–water partition coefficient (Wildman–Crippen LogP) is 5.00. The van der Waals surface area contributed by atoms with Crippen molar-refractivity contribution in [1.82, 2.24) is 4.98 Å². The van der Waals surface area contributed by atoms with Gasteiger partial charge < -0.3 is 5.32 Å². The molecule has 4 aromatic rings. The zero-order chi connectivity index (χ0) is 20.4. The first-order valence-electron chi connectivity index (χ1n) is 8.47. The zero-order valence-corrected chi connectivity index (χ0v) is 17.2. The highest BCUT2D eigenvalue weighted by atomic mass is 35.5. The Morgan fingerprint density at radius 3 is 2.45 bits per heavy atom. The van der Waals surface area contributed by atoms with E-state index in [1.807, 2.05) is 0 Å². The van der Waals surface area contributed by atoms with E-state index in [9.17, 15) is 13.2 Å². The number of aromatic nitrogens is 1. The van der Waals surface area contributed by atoms with Gasteiger partial charge in [-0.2, -0.15) is 0 Å². The number of carbonyl (C=O) groups is 1. The maximum atomic E-state index is 12.5. The average Bonchev–Trinajstić information content (AvgIpc) is 3.09. The van der Waals surface area contributed by atoms with E-state index in [0.717, 1.165) is 4.70 Å². The fourth-order valence-electron chi connectivity index (χ4n) is 2.66. The minimum Gasteiger partial charge on any atom is -0.322 e. The van der Waals surface area contributed by atoms with Crippen molar-refractivity contribution in [2.75, 3.05) is 10.0 Å². The normalized spacial score (nSPS) is 11.3. The highest BCUT2D eigenvalue weighted by Crippen LogP contribution is 2.30. The molecule has 2 N–H and O–H groups in total. The Balaban J connectivity index is 1.57. The third kappa shape index (κ3) is 4.24. The molecule has 1 amide bonds. The SMILES string of the molecule is O=C(Nc1ccc2nc(NS(=O)(=O)c3ccccc3)sc2c1)c1ccccc1Cl. The molecule has 3 aromatic carbocycles. The van der Waals surface area contributed by atoms with Crippen LogP contribution >= 0.6 is 22.9 Å². The molecule has 0 bridgehead atoms. The Labute approximate surface area is 176 Å². The number of amides is 1. The van der Waals surface area contributed by atoms with Crippen LogP contribution in [-0.2, 0) is 10.0 Å². The monoisotopic (exact) mass is 443 g/mol. The third-order valence-electron chi connectivity index (χ3n) is 4.04. The predicted molar refractivity (Wildman–Crippen MR) is 116 cm³/mol. The van der Waals surface area contributed by atoms with Crippen molar-refractivity contribution in [2.45, 2.75) is 4.90 Å². The molecule has 0 saturated heterocycles. The van der Waals surface area contributed by atoms with Crippen molar-refractivity contribution < 1.29 is 13.2 Å². The van der Waals surface area contributed by atoms with Crippen molar-refractivity contribution in [3.63, 3.8) is 0 Å². The number of nitrogens with zero attached hydrogens (tertiary/aromatic N) is 1. The number of sulfonamides is 1. The van der Waals surface area contributed by atoms with E-state index in [4.69, 9.17) is 11.6 Å². The number of hydrogen-bond acceptors (Lipinski definition) is 5.